The molecule has 0 atom stereocenters. The molecule has 0 saturated heterocycles. The minimum atomic E-state index is -3.33. The third-order valence-corrected chi connectivity index (χ3v) is 2.26. The number of carbonyl (C=O) groups is 1. The fourth-order valence-corrected chi connectivity index (χ4v) is 1.31. The van der Waals surface area contributed by atoms with Gasteiger partial charge in [0.05, 0.1) is 5.69 Å². The van der Waals surface area contributed by atoms with Crippen LogP contribution in [0.5, 0.6) is 0 Å². The maximum Gasteiger partial charge on any atom is 0.322 e. The highest BCUT2D eigenvalue weighted by molar-refractivity contribution is 6.21. The average Bonchev–Trinajstić information content (AvgIpc) is 2.27. The average molecular weight is 263 g/mol. The van der Waals surface area contributed by atoms with Crippen molar-refractivity contribution in [2.24, 2.45) is 0 Å². The Balaban J connectivity index is 2.42. The van der Waals surface area contributed by atoms with Crippen molar-refractivity contribution in [2.75, 3.05) is 12.1 Å². The van der Waals surface area contributed by atoms with Crippen LogP contribution in [-0.4, -0.2) is 18.3 Å². The lowest BCUT2D eigenvalue weighted by Crippen LogP contribution is -2.39. The van der Waals surface area contributed by atoms with Crippen LogP contribution in [0.1, 0.15) is 12.8 Å². The molecule has 0 aromatic heterocycles. The van der Waals surface area contributed by atoms with Crippen LogP contribution in [0.3, 0.4) is 0 Å². The van der Waals surface area contributed by atoms with Gasteiger partial charge in [-0.15, -0.1) is 0 Å². The number of anilines is 1. The number of nitrogens with one attached hydrogen (secondary N) is 1. The molecule has 1 rings (SSSR count). The van der Waals surface area contributed by atoms with Crippen LogP contribution in [0.4, 0.5) is 14.5 Å². The third-order valence-electron chi connectivity index (χ3n) is 2.07. The Morgan fingerprint density at radius 1 is 1.41 bits per heavy atom. The maximum atomic E-state index is 12.3. The van der Waals surface area contributed by atoms with Crippen molar-refractivity contribution in [1.82, 2.24) is 5.43 Å². The van der Waals surface area contributed by atoms with E-state index >= 15 is 0 Å². The third kappa shape index (κ3) is 5.49. The second-order valence-electron chi connectivity index (χ2n) is 3.54. The van der Waals surface area contributed by atoms with Crippen LogP contribution in [0.15, 0.2) is 30.3 Å². The molecule has 0 unspecified atom stereocenters. The van der Waals surface area contributed by atoms with Gasteiger partial charge in [-0.3, -0.25) is 15.2 Å². The fourth-order valence-electron chi connectivity index (χ4n) is 1.21. The molecule has 0 aliphatic heterocycles. The van der Waals surface area contributed by atoms with Crippen molar-refractivity contribution in [2.45, 2.75) is 18.2 Å². The molecule has 94 valence electrons. The first-order valence-corrected chi connectivity index (χ1v) is 5.41. The zero-order valence-corrected chi connectivity index (χ0v) is 10.0. The number of amides is 1. The monoisotopic (exact) mass is 262 g/mol. The Morgan fingerprint density at radius 2 is 2.00 bits per heavy atom. The topological polar surface area (TPSA) is 32.3 Å². The largest absolute Gasteiger partial charge is 0.322 e. The summed E-state index contributed by atoms with van der Waals surface area (Å²) in [7, 11) is 1.63. The van der Waals surface area contributed by atoms with Gasteiger partial charge in [-0.25, -0.2) is 0 Å². The molecule has 1 aromatic rings. The van der Waals surface area contributed by atoms with Gasteiger partial charge >= 0.3 is 5.38 Å². The summed E-state index contributed by atoms with van der Waals surface area (Å²) in [5.41, 5.74) is 3.23. The molecular formula is C11H13ClF2N2O. The summed E-state index contributed by atoms with van der Waals surface area (Å²) in [6.45, 7) is 0. The van der Waals surface area contributed by atoms with Gasteiger partial charge in [-0.2, -0.15) is 8.78 Å². The van der Waals surface area contributed by atoms with Gasteiger partial charge in [0, 0.05) is 19.9 Å². The molecule has 1 aromatic carbocycles. The number of nitrogens with zero attached hydrogens (tertiary/aromatic N) is 1. The Bertz CT molecular complexity index is 367. The molecule has 0 aliphatic carbocycles. The van der Waals surface area contributed by atoms with Crippen LogP contribution < -0.4 is 10.4 Å². The zero-order chi connectivity index (χ0) is 12.9. The van der Waals surface area contributed by atoms with Crippen LogP contribution in [0.2, 0.25) is 0 Å². The van der Waals surface area contributed by atoms with Gasteiger partial charge in [-0.1, -0.05) is 18.2 Å². The molecule has 0 spiro atoms. The molecule has 0 radical (unpaired) electrons. The lowest BCUT2D eigenvalue weighted by atomic mass is 10.3. The Labute approximate surface area is 103 Å². The summed E-state index contributed by atoms with van der Waals surface area (Å²) >= 11 is 4.70. The molecule has 0 saturated carbocycles. The summed E-state index contributed by atoms with van der Waals surface area (Å²) in [5, 5.41) is -1.86. The Kier molecular flexibility index (Phi) is 4.69. The molecule has 1 amide bonds. The number of hydrogen-bond acceptors (Lipinski definition) is 2. The molecule has 1 N–H and O–H groups in total. The number of rotatable bonds is 5. The van der Waals surface area contributed by atoms with E-state index in [1.165, 1.54) is 5.01 Å². The standard InChI is InChI=1S/C11H13ClF2N2O/c1-16(9-5-3-2-4-6-9)15-10(17)7-8-11(12,13)14/h2-6H,7-8H2,1H3,(H,15,17). The molecular weight excluding hydrogens is 250 g/mol. The Morgan fingerprint density at radius 3 is 2.53 bits per heavy atom. The zero-order valence-electron chi connectivity index (χ0n) is 9.29. The van der Waals surface area contributed by atoms with Crippen LogP contribution in [0.25, 0.3) is 0 Å². The van der Waals surface area contributed by atoms with Crippen LogP contribution in [0, 0.1) is 0 Å². The second-order valence-corrected chi connectivity index (χ2v) is 4.10. The number of benzene rings is 1. The minimum Gasteiger partial charge on any atom is -0.289 e. The van der Waals surface area contributed by atoms with Crippen molar-refractivity contribution >= 4 is 23.2 Å². The van der Waals surface area contributed by atoms with E-state index in [-0.39, 0.29) is 6.42 Å². The highest BCUT2D eigenvalue weighted by atomic mass is 35.5. The smallest absolute Gasteiger partial charge is 0.289 e. The Hall–Kier alpha value is -1.36. The predicted molar refractivity (Wildman–Crippen MR) is 63.0 cm³/mol. The number of para-hydroxylation sites is 1. The first-order chi connectivity index (χ1) is 7.88. The predicted octanol–water partition coefficient (Wildman–Crippen LogP) is 2.77. The van der Waals surface area contributed by atoms with Crippen molar-refractivity contribution in [1.29, 1.82) is 0 Å². The molecule has 0 bridgehead atoms. The van der Waals surface area contributed by atoms with Crippen LogP contribution >= 0.6 is 11.6 Å². The summed E-state index contributed by atoms with van der Waals surface area (Å²) in [6, 6.07) is 9.04. The molecule has 0 aliphatic rings. The van der Waals surface area contributed by atoms with E-state index < -0.39 is 17.7 Å². The summed E-state index contributed by atoms with van der Waals surface area (Å²) in [6.07, 6.45) is -1.00. The number of carbonyl (C=O) groups excluding carboxylic acids is 1. The van der Waals surface area contributed by atoms with E-state index in [4.69, 9.17) is 11.6 Å². The van der Waals surface area contributed by atoms with E-state index in [2.05, 4.69) is 5.43 Å². The quantitative estimate of drug-likeness (QED) is 0.654. The van der Waals surface area contributed by atoms with E-state index in [0.717, 1.165) is 5.69 Å². The number of hydrazine groups is 1. The summed E-state index contributed by atoms with van der Waals surface area (Å²) in [4.78, 5) is 11.3. The minimum absolute atomic E-state index is 0.326. The van der Waals surface area contributed by atoms with Crippen molar-refractivity contribution in [3.05, 3.63) is 30.3 Å². The van der Waals surface area contributed by atoms with Gasteiger partial charge in [0.1, 0.15) is 0 Å². The molecule has 6 heteroatoms. The lowest BCUT2D eigenvalue weighted by molar-refractivity contribution is -0.122. The number of hydrogen-bond donors (Lipinski definition) is 1. The van der Waals surface area contributed by atoms with Gasteiger partial charge in [0.2, 0.25) is 5.91 Å². The van der Waals surface area contributed by atoms with E-state index in [0.29, 0.717) is 0 Å². The van der Waals surface area contributed by atoms with Gasteiger partial charge in [0.25, 0.3) is 0 Å². The van der Waals surface area contributed by atoms with Crippen molar-refractivity contribution in [3.63, 3.8) is 0 Å². The normalized spacial score (nSPS) is 11.1. The van der Waals surface area contributed by atoms with Gasteiger partial charge < -0.3 is 0 Å². The molecule has 17 heavy (non-hydrogen) atoms. The number of alkyl halides is 3. The second kappa shape index (κ2) is 5.82. The first kappa shape index (κ1) is 13.7. The SMILES string of the molecule is CN(NC(=O)CCC(F)(F)Cl)c1ccccc1. The molecule has 0 fully saturated rings. The van der Waals surface area contributed by atoms with E-state index in [1.807, 2.05) is 18.2 Å². The highest BCUT2D eigenvalue weighted by Gasteiger charge is 2.25. The van der Waals surface area contributed by atoms with Crippen molar-refractivity contribution in [3.8, 4) is 0 Å². The van der Waals surface area contributed by atoms with Gasteiger partial charge in [-0.05, 0) is 23.7 Å². The summed E-state index contributed by atoms with van der Waals surface area (Å²) < 4.78 is 24.6. The molecule has 3 nitrogen and oxygen atoms in total. The lowest BCUT2D eigenvalue weighted by Gasteiger charge is -2.20. The van der Waals surface area contributed by atoms with E-state index in [1.54, 1.807) is 19.2 Å². The van der Waals surface area contributed by atoms with Crippen LogP contribution in [-0.2, 0) is 4.79 Å². The fraction of sp³-hybridized carbons (Fsp3) is 0.364. The van der Waals surface area contributed by atoms with E-state index in [9.17, 15) is 13.6 Å². The van der Waals surface area contributed by atoms with Gasteiger partial charge in [0.15, 0.2) is 0 Å². The highest BCUT2D eigenvalue weighted by Crippen LogP contribution is 2.24. The first-order valence-electron chi connectivity index (χ1n) is 5.03. The maximum absolute atomic E-state index is 12.3. The summed E-state index contributed by atoms with van der Waals surface area (Å²) in [5.74, 6) is -0.503. The van der Waals surface area contributed by atoms with Crippen molar-refractivity contribution < 1.29 is 13.6 Å². The molecule has 0 heterocycles. The number of halogens is 3.